The van der Waals surface area contributed by atoms with E-state index in [9.17, 15) is 19.4 Å². The average Bonchev–Trinajstić information content (AvgIpc) is 2.66. The van der Waals surface area contributed by atoms with Gasteiger partial charge in [0.05, 0.1) is 0 Å². The Morgan fingerprint density at radius 1 is 0.931 bits per heavy atom. The van der Waals surface area contributed by atoms with Crippen LogP contribution in [0.15, 0.2) is 66.7 Å². The van der Waals surface area contributed by atoms with E-state index >= 15 is 0 Å². The van der Waals surface area contributed by atoms with Crippen LogP contribution < -0.4 is 0 Å². The minimum Gasteiger partial charge on any atom is -0.465 e. The molecule has 0 aromatic heterocycles. The Morgan fingerprint density at radius 3 is 2.10 bits per heavy atom. The summed E-state index contributed by atoms with van der Waals surface area (Å²) in [7, 11) is 0. The molecule has 1 atom stereocenters. The minimum atomic E-state index is -1.46. The molecule has 29 heavy (non-hydrogen) atoms. The summed E-state index contributed by atoms with van der Waals surface area (Å²) in [6, 6.07) is 19.2. The van der Waals surface area contributed by atoms with Gasteiger partial charge < -0.3 is 15.1 Å². The number of amides is 1. The molecule has 0 saturated heterocycles. The summed E-state index contributed by atoms with van der Waals surface area (Å²) in [5.41, 5.74) is -0.911. The number of hydrogen-bond donors (Lipinski definition) is 2. The van der Waals surface area contributed by atoms with Gasteiger partial charge in [0.2, 0.25) is 0 Å². The van der Waals surface area contributed by atoms with Crippen LogP contribution in [0.1, 0.15) is 38.3 Å². The van der Waals surface area contributed by atoms with Gasteiger partial charge in [0, 0.05) is 18.5 Å². The Labute approximate surface area is 170 Å². The van der Waals surface area contributed by atoms with Gasteiger partial charge in [-0.15, -0.1) is 0 Å². The number of rotatable bonds is 5. The highest BCUT2D eigenvalue weighted by atomic mass is 19.1. The predicted molar refractivity (Wildman–Crippen MR) is 112 cm³/mol. The van der Waals surface area contributed by atoms with Gasteiger partial charge in [-0.05, 0) is 60.9 Å². The zero-order valence-electron chi connectivity index (χ0n) is 16.9. The first kappa shape index (κ1) is 20.8. The zero-order valence-corrected chi connectivity index (χ0v) is 16.9. The summed E-state index contributed by atoms with van der Waals surface area (Å²) >= 11 is 0. The Hall–Kier alpha value is -2.92. The van der Waals surface area contributed by atoms with Crippen molar-refractivity contribution in [2.45, 2.75) is 38.3 Å². The monoisotopic (exact) mass is 395 g/mol. The van der Waals surface area contributed by atoms with Gasteiger partial charge in [0.1, 0.15) is 11.4 Å². The number of benzene rings is 3. The van der Waals surface area contributed by atoms with Crippen LogP contribution in [0.2, 0.25) is 0 Å². The molecule has 2 N–H and O–H groups in total. The van der Waals surface area contributed by atoms with Crippen molar-refractivity contribution < 1.29 is 19.4 Å². The number of nitrogens with zero attached hydrogens (tertiary/aromatic N) is 1. The van der Waals surface area contributed by atoms with Crippen molar-refractivity contribution >= 4 is 16.9 Å². The molecule has 0 heterocycles. The molecule has 5 heteroatoms. The second-order valence-electron chi connectivity index (χ2n) is 8.28. The molecule has 0 aliphatic rings. The van der Waals surface area contributed by atoms with Crippen LogP contribution in [0.4, 0.5) is 9.18 Å². The van der Waals surface area contributed by atoms with Gasteiger partial charge in [-0.2, -0.15) is 0 Å². The van der Waals surface area contributed by atoms with Gasteiger partial charge in [0.15, 0.2) is 0 Å². The number of aliphatic hydroxyl groups is 1. The zero-order chi connectivity index (χ0) is 21.2. The van der Waals surface area contributed by atoms with Gasteiger partial charge in [-0.25, -0.2) is 9.18 Å². The molecule has 3 aromatic rings. The molecular weight excluding hydrogens is 369 g/mol. The van der Waals surface area contributed by atoms with Crippen LogP contribution in [0.3, 0.4) is 0 Å². The third-order valence-corrected chi connectivity index (χ3v) is 5.29. The van der Waals surface area contributed by atoms with Crippen LogP contribution >= 0.6 is 0 Å². The van der Waals surface area contributed by atoms with E-state index < -0.39 is 23.1 Å². The highest BCUT2D eigenvalue weighted by Crippen LogP contribution is 2.35. The summed E-state index contributed by atoms with van der Waals surface area (Å²) in [6.45, 7) is 5.57. The molecular formula is C24H26FNO3. The van der Waals surface area contributed by atoms with E-state index in [1.54, 1.807) is 12.1 Å². The Bertz CT molecular complexity index is 1010. The normalized spacial score (nSPS) is 13.8. The standard InChI is InChI=1S/C24H26FNO3/c1-23(2,3)26(22(27)28)15-14-24(29,19-10-12-21(25)13-11-19)20-9-8-17-6-4-5-7-18(17)16-20/h4-13,16,29H,14-15H2,1-3H3,(H,27,28). The molecule has 0 saturated carbocycles. The fourth-order valence-electron chi connectivity index (χ4n) is 3.62. The maximum atomic E-state index is 13.5. The third-order valence-electron chi connectivity index (χ3n) is 5.29. The fourth-order valence-corrected chi connectivity index (χ4v) is 3.62. The van der Waals surface area contributed by atoms with Crippen LogP contribution in [0.25, 0.3) is 10.8 Å². The van der Waals surface area contributed by atoms with Crippen molar-refractivity contribution in [3.8, 4) is 0 Å². The molecule has 0 aliphatic heterocycles. The van der Waals surface area contributed by atoms with Crippen molar-refractivity contribution in [1.29, 1.82) is 0 Å². The van der Waals surface area contributed by atoms with E-state index in [2.05, 4.69) is 0 Å². The molecule has 0 aliphatic carbocycles. The van der Waals surface area contributed by atoms with E-state index in [0.717, 1.165) is 10.8 Å². The van der Waals surface area contributed by atoms with Crippen LogP contribution in [-0.2, 0) is 5.60 Å². The maximum Gasteiger partial charge on any atom is 0.407 e. The van der Waals surface area contributed by atoms with Crippen molar-refractivity contribution in [3.05, 3.63) is 83.7 Å². The van der Waals surface area contributed by atoms with Gasteiger partial charge >= 0.3 is 6.09 Å². The lowest BCUT2D eigenvalue weighted by atomic mass is 9.82. The molecule has 1 amide bonds. The minimum absolute atomic E-state index is 0.125. The van der Waals surface area contributed by atoms with Crippen molar-refractivity contribution in [2.24, 2.45) is 0 Å². The molecule has 4 nitrogen and oxygen atoms in total. The van der Waals surface area contributed by atoms with Gasteiger partial charge in [-0.3, -0.25) is 0 Å². The van der Waals surface area contributed by atoms with E-state index in [1.807, 2.05) is 63.2 Å². The van der Waals surface area contributed by atoms with Crippen LogP contribution in [0, 0.1) is 5.82 Å². The number of carboxylic acid groups (broad SMARTS) is 1. The molecule has 0 bridgehead atoms. The first-order valence-corrected chi connectivity index (χ1v) is 9.59. The Morgan fingerprint density at radius 2 is 1.52 bits per heavy atom. The van der Waals surface area contributed by atoms with Crippen molar-refractivity contribution in [3.63, 3.8) is 0 Å². The topological polar surface area (TPSA) is 60.8 Å². The molecule has 152 valence electrons. The average molecular weight is 395 g/mol. The van der Waals surface area contributed by atoms with Crippen molar-refractivity contribution in [2.75, 3.05) is 6.54 Å². The molecule has 1 unspecified atom stereocenters. The fraction of sp³-hybridized carbons (Fsp3) is 0.292. The molecule has 3 aromatic carbocycles. The van der Waals surface area contributed by atoms with E-state index in [-0.39, 0.29) is 13.0 Å². The highest BCUT2D eigenvalue weighted by molar-refractivity contribution is 5.83. The summed E-state index contributed by atoms with van der Waals surface area (Å²) < 4.78 is 13.5. The number of halogens is 1. The summed E-state index contributed by atoms with van der Waals surface area (Å²) in [5.74, 6) is -0.392. The SMILES string of the molecule is CC(C)(C)N(CCC(O)(c1ccc(F)cc1)c1ccc2ccccc2c1)C(=O)O. The first-order valence-electron chi connectivity index (χ1n) is 9.59. The van der Waals surface area contributed by atoms with E-state index in [0.29, 0.717) is 11.1 Å². The Kier molecular flexibility index (Phi) is 5.62. The second kappa shape index (κ2) is 7.84. The van der Waals surface area contributed by atoms with Crippen LogP contribution in [0.5, 0.6) is 0 Å². The van der Waals surface area contributed by atoms with Gasteiger partial charge in [0.25, 0.3) is 0 Å². The molecule has 0 radical (unpaired) electrons. The lowest BCUT2D eigenvalue weighted by Gasteiger charge is -2.37. The summed E-state index contributed by atoms with van der Waals surface area (Å²) in [5, 5.41) is 23.4. The maximum absolute atomic E-state index is 13.5. The molecule has 3 rings (SSSR count). The summed E-state index contributed by atoms with van der Waals surface area (Å²) in [6.07, 6.45) is -0.905. The third kappa shape index (κ3) is 4.40. The number of fused-ring (bicyclic) bond motifs is 1. The quantitative estimate of drug-likeness (QED) is 0.609. The molecule has 0 spiro atoms. The highest BCUT2D eigenvalue weighted by Gasteiger charge is 2.35. The van der Waals surface area contributed by atoms with Gasteiger partial charge in [-0.1, -0.05) is 48.5 Å². The van der Waals surface area contributed by atoms with Crippen LogP contribution in [-0.4, -0.2) is 33.3 Å². The number of hydrogen-bond acceptors (Lipinski definition) is 2. The summed E-state index contributed by atoms with van der Waals surface area (Å²) in [4.78, 5) is 13.1. The first-order chi connectivity index (χ1) is 13.6. The largest absolute Gasteiger partial charge is 0.465 e. The lowest BCUT2D eigenvalue weighted by Crippen LogP contribution is -2.47. The molecule has 0 fully saturated rings. The smallest absolute Gasteiger partial charge is 0.407 e. The Balaban J connectivity index is 2.06. The van der Waals surface area contributed by atoms with E-state index in [1.165, 1.54) is 17.0 Å². The number of carbonyl (C=O) groups is 1. The second-order valence-corrected chi connectivity index (χ2v) is 8.28. The predicted octanol–water partition coefficient (Wildman–Crippen LogP) is 5.38. The lowest BCUT2D eigenvalue weighted by molar-refractivity contribution is 0.0413. The van der Waals surface area contributed by atoms with E-state index in [4.69, 9.17) is 0 Å². The van der Waals surface area contributed by atoms with Crippen molar-refractivity contribution in [1.82, 2.24) is 4.90 Å².